The predicted molar refractivity (Wildman–Crippen MR) is 93.2 cm³/mol. The van der Waals surface area contributed by atoms with Crippen molar-refractivity contribution in [2.24, 2.45) is 0 Å². The number of ether oxygens (including phenoxy) is 1. The van der Waals surface area contributed by atoms with E-state index in [4.69, 9.17) is 9.15 Å². The zero-order chi connectivity index (χ0) is 16.8. The Morgan fingerprint density at radius 2 is 1.67 bits per heavy atom. The lowest BCUT2D eigenvalue weighted by molar-refractivity contribution is 0.259. The second-order valence-corrected chi connectivity index (χ2v) is 5.49. The number of hydrogen-bond donors (Lipinski definition) is 1. The molecule has 0 fully saturated rings. The van der Waals surface area contributed by atoms with E-state index in [1.54, 1.807) is 0 Å². The van der Waals surface area contributed by atoms with Crippen molar-refractivity contribution in [1.82, 2.24) is 10.2 Å². The van der Waals surface area contributed by atoms with Crippen molar-refractivity contribution in [1.29, 1.82) is 0 Å². The molecule has 0 radical (unpaired) electrons. The lowest BCUT2D eigenvalue weighted by Gasteiger charge is -2.12. The van der Waals surface area contributed by atoms with Crippen LogP contribution in [0.25, 0.3) is 0 Å². The van der Waals surface area contributed by atoms with Crippen LogP contribution >= 0.6 is 0 Å². The summed E-state index contributed by atoms with van der Waals surface area (Å²) in [6, 6.07) is 17.7. The van der Waals surface area contributed by atoms with Crippen LogP contribution in [-0.2, 0) is 13.2 Å². The van der Waals surface area contributed by atoms with Gasteiger partial charge in [0.25, 0.3) is 5.89 Å². The van der Waals surface area contributed by atoms with Gasteiger partial charge >= 0.3 is 0 Å². The van der Waals surface area contributed by atoms with E-state index in [-0.39, 0.29) is 6.61 Å². The van der Waals surface area contributed by atoms with Gasteiger partial charge in [-0.2, -0.15) is 0 Å². The maximum Gasteiger partial charge on any atom is 0.253 e. The summed E-state index contributed by atoms with van der Waals surface area (Å²) in [6.07, 6.45) is 0. The summed E-state index contributed by atoms with van der Waals surface area (Å²) in [7, 11) is 4.03. The first kappa shape index (κ1) is 15.9. The maximum absolute atomic E-state index is 5.58. The number of nitrogens with zero attached hydrogens (tertiary/aromatic N) is 3. The number of aromatic nitrogens is 2. The Labute approximate surface area is 141 Å². The standard InChI is InChI=1S/C18H20N4O2/c1-22(2)15-10-8-14(9-11-15)19-12-17-20-21-18(24-17)13-23-16-6-4-3-5-7-16/h3-11,19H,12-13H2,1-2H3. The Hall–Kier alpha value is -3.02. The SMILES string of the molecule is CN(C)c1ccc(NCc2nnc(COc3ccccc3)o2)cc1. The van der Waals surface area contributed by atoms with Crippen LogP contribution in [0.2, 0.25) is 0 Å². The molecule has 1 N–H and O–H groups in total. The van der Waals surface area contributed by atoms with Gasteiger partial charge in [-0.3, -0.25) is 0 Å². The van der Waals surface area contributed by atoms with E-state index in [2.05, 4.69) is 32.5 Å². The zero-order valence-corrected chi connectivity index (χ0v) is 13.8. The first-order chi connectivity index (χ1) is 11.7. The third-order valence-electron chi connectivity index (χ3n) is 3.44. The molecule has 3 aromatic rings. The topological polar surface area (TPSA) is 63.4 Å². The minimum absolute atomic E-state index is 0.258. The van der Waals surface area contributed by atoms with Crippen molar-refractivity contribution >= 4 is 11.4 Å². The van der Waals surface area contributed by atoms with E-state index in [0.29, 0.717) is 18.3 Å². The van der Waals surface area contributed by atoms with Gasteiger partial charge in [-0.1, -0.05) is 18.2 Å². The van der Waals surface area contributed by atoms with Crippen molar-refractivity contribution in [3.05, 3.63) is 66.4 Å². The molecule has 3 rings (SSSR count). The molecule has 6 heteroatoms. The van der Waals surface area contributed by atoms with E-state index < -0.39 is 0 Å². The van der Waals surface area contributed by atoms with E-state index in [1.807, 2.05) is 56.6 Å². The van der Waals surface area contributed by atoms with Crippen LogP contribution in [0.5, 0.6) is 5.75 Å². The highest BCUT2D eigenvalue weighted by Gasteiger charge is 2.07. The Bertz CT molecular complexity index is 754. The largest absolute Gasteiger partial charge is 0.484 e. The van der Waals surface area contributed by atoms with E-state index in [0.717, 1.165) is 17.1 Å². The second-order valence-electron chi connectivity index (χ2n) is 5.49. The number of para-hydroxylation sites is 1. The molecular weight excluding hydrogens is 304 g/mol. The fourth-order valence-corrected chi connectivity index (χ4v) is 2.14. The van der Waals surface area contributed by atoms with Gasteiger partial charge in [0.1, 0.15) is 5.75 Å². The molecule has 0 aliphatic rings. The van der Waals surface area contributed by atoms with Crippen LogP contribution in [0.1, 0.15) is 11.8 Å². The molecule has 0 saturated heterocycles. The molecule has 1 heterocycles. The lowest BCUT2D eigenvalue weighted by Crippen LogP contribution is -2.08. The van der Waals surface area contributed by atoms with Gasteiger partial charge in [0.15, 0.2) is 6.61 Å². The van der Waals surface area contributed by atoms with Gasteiger partial charge in [-0.25, -0.2) is 0 Å². The summed E-state index contributed by atoms with van der Waals surface area (Å²) in [5.74, 6) is 1.76. The minimum atomic E-state index is 0.258. The fraction of sp³-hybridized carbons (Fsp3) is 0.222. The van der Waals surface area contributed by atoms with Gasteiger partial charge in [0.05, 0.1) is 6.54 Å². The molecule has 0 aliphatic heterocycles. The smallest absolute Gasteiger partial charge is 0.253 e. The molecule has 24 heavy (non-hydrogen) atoms. The van der Waals surface area contributed by atoms with Crippen molar-refractivity contribution in [3.8, 4) is 5.75 Å². The highest BCUT2D eigenvalue weighted by molar-refractivity contribution is 5.54. The summed E-state index contributed by atoms with van der Waals surface area (Å²) in [5, 5.41) is 11.3. The van der Waals surface area contributed by atoms with Crippen LogP contribution in [0.4, 0.5) is 11.4 Å². The van der Waals surface area contributed by atoms with Crippen LogP contribution in [-0.4, -0.2) is 24.3 Å². The minimum Gasteiger partial charge on any atom is -0.484 e. The molecule has 0 unspecified atom stereocenters. The Morgan fingerprint density at radius 1 is 0.958 bits per heavy atom. The average molecular weight is 324 g/mol. The Morgan fingerprint density at radius 3 is 2.38 bits per heavy atom. The molecule has 0 amide bonds. The zero-order valence-electron chi connectivity index (χ0n) is 13.8. The van der Waals surface area contributed by atoms with Crippen molar-refractivity contribution in [2.45, 2.75) is 13.2 Å². The molecule has 0 saturated carbocycles. The van der Waals surface area contributed by atoms with Crippen molar-refractivity contribution < 1.29 is 9.15 Å². The quantitative estimate of drug-likeness (QED) is 0.719. The highest BCUT2D eigenvalue weighted by Crippen LogP contribution is 2.16. The van der Waals surface area contributed by atoms with Gasteiger partial charge in [-0.05, 0) is 36.4 Å². The lowest BCUT2D eigenvalue weighted by atomic mass is 10.2. The fourth-order valence-electron chi connectivity index (χ4n) is 2.14. The van der Waals surface area contributed by atoms with Crippen LogP contribution in [0.15, 0.2) is 59.0 Å². The van der Waals surface area contributed by atoms with Gasteiger partial charge in [0, 0.05) is 25.5 Å². The molecule has 124 valence electrons. The number of rotatable bonds is 7. The van der Waals surface area contributed by atoms with E-state index in [9.17, 15) is 0 Å². The van der Waals surface area contributed by atoms with Crippen LogP contribution in [0.3, 0.4) is 0 Å². The maximum atomic E-state index is 5.58. The van der Waals surface area contributed by atoms with Crippen molar-refractivity contribution in [2.75, 3.05) is 24.3 Å². The first-order valence-corrected chi connectivity index (χ1v) is 7.71. The molecular formula is C18H20N4O2. The molecule has 0 bridgehead atoms. The highest BCUT2D eigenvalue weighted by atomic mass is 16.5. The molecule has 6 nitrogen and oxygen atoms in total. The van der Waals surface area contributed by atoms with Gasteiger partial charge in [-0.15, -0.1) is 10.2 Å². The summed E-state index contributed by atoms with van der Waals surface area (Å²) in [4.78, 5) is 2.06. The number of hydrogen-bond acceptors (Lipinski definition) is 6. The van der Waals surface area contributed by atoms with Crippen molar-refractivity contribution in [3.63, 3.8) is 0 Å². The normalized spacial score (nSPS) is 10.4. The van der Waals surface area contributed by atoms with Gasteiger partial charge < -0.3 is 19.4 Å². The third kappa shape index (κ3) is 4.25. The number of nitrogens with one attached hydrogen (secondary N) is 1. The van der Waals surface area contributed by atoms with Crippen LogP contribution in [0, 0.1) is 0 Å². The summed E-state index contributed by atoms with van der Waals surface area (Å²) in [6.45, 7) is 0.730. The monoisotopic (exact) mass is 324 g/mol. The Kier molecular flexibility index (Phi) is 4.96. The van der Waals surface area contributed by atoms with Gasteiger partial charge in [0.2, 0.25) is 5.89 Å². The average Bonchev–Trinajstić information content (AvgIpc) is 3.07. The predicted octanol–water partition coefficient (Wildman–Crippen LogP) is 3.33. The van der Waals surface area contributed by atoms with E-state index >= 15 is 0 Å². The third-order valence-corrected chi connectivity index (χ3v) is 3.44. The molecule has 1 aromatic heterocycles. The number of benzene rings is 2. The molecule has 0 atom stereocenters. The molecule has 0 spiro atoms. The summed E-state index contributed by atoms with van der Waals surface area (Å²) in [5.41, 5.74) is 2.15. The molecule has 0 aliphatic carbocycles. The first-order valence-electron chi connectivity index (χ1n) is 7.71. The number of anilines is 2. The molecule has 2 aromatic carbocycles. The summed E-state index contributed by atoms with van der Waals surface area (Å²) < 4.78 is 11.2. The summed E-state index contributed by atoms with van der Waals surface area (Å²) >= 11 is 0. The Balaban J connectivity index is 1.50. The van der Waals surface area contributed by atoms with Crippen LogP contribution < -0.4 is 15.0 Å². The van der Waals surface area contributed by atoms with E-state index in [1.165, 1.54) is 0 Å². The second kappa shape index (κ2) is 7.50.